The molecule has 2 aromatic rings. The lowest BCUT2D eigenvalue weighted by atomic mass is 10.2. The minimum Gasteiger partial charge on any atom is -0.494 e. The number of hydrogen-bond donors (Lipinski definition) is 1. The summed E-state index contributed by atoms with van der Waals surface area (Å²) in [4.78, 5) is 12.3. The Morgan fingerprint density at radius 2 is 1.79 bits per heavy atom. The Kier molecular flexibility index (Phi) is 6.66. The van der Waals surface area contributed by atoms with Crippen molar-refractivity contribution in [1.82, 2.24) is 4.31 Å². The van der Waals surface area contributed by atoms with Gasteiger partial charge in [0, 0.05) is 24.9 Å². The summed E-state index contributed by atoms with van der Waals surface area (Å²) in [5, 5.41) is 2.65. The van der Waals surface area contributed by atoms with E-state index >= 15 is 0 Å². The van der Waals surface area contributed by atoms with Gasteiger partial charge in [0.1, 0.15) is 0 Å². The number of sulfonamides is 1. The first-order valence-corrected chi connectivity index (χ1v) is 10.8. The number of halogens is 1. The number of methoxy groups -OCH3 is 1. The highest BCUT2D eigenvalue weighted by Gasteiger charge is 2.25. The smallest absolute Gasteiger partial charge is 0.248 e. The molecule has 0 aromatic heterocycles. The Balaban J connectivity index is 1.63. The molecule has 0 unspecified atom stereocenters. The van der Waals surface area contributed by atoms with Crippen molar-refractivity contribution in [2.75, 3.05) is 25.5 Å². The summed E-state index contributed by atoms with van der Waals surface area (Å²) in [7, 11) is -2.12. The standard InChI is InChI=1S/C21H23FN2O4S/c1-28-20-11-5-16(15-19(20)22)6-12-21(25)23-17-7-9-18(10-8-17)29(26,27)24-13-3-2-4-14-24/h5-12,15H,2-4,13-14H2,1H3,(H,23,25)/b12-6+. The Morgan fingerprint density at radius 3 is 2.41 bits per heavy atom. The van der Waals surface area contributed by atoms with Gasteiger partial charge in [0.25, 0.3) is 0 Å². The Morgan fingerprint density at radius 1 is 1.10 bits per heavy atom. The lowest BCUT2D eigenvalue weighted by Crippen LogP contribution is -2.35. The van der Waals surface area contributed by atoms with Gasteiger partial charge in [-0.25, -0.2) is 12.8 Å². The monoisotopic (exact) mass is 418 g/mol. The number of hydrogen-bond acceptors (Lipinski definition) is 4. The van der Waals surface area contributed by atoms with Crippen molar-refractivity contribution in [2.45, 2.75) is 24.2 Å². The van der Waals surface area contributed by atoms with E-state index < -0.39 is 21.7 Å². The van der Waals surface area contributed by atoms with Crippen LogP contribution in [0.2, 0.25) is 0 Å². The maximum absolute atomic E-state index is 13.7. The third-order valence-corrected chi connectivity index (χ3v) is 6.59. The van der Waals surface area contributed by atoms with Crippen LogP contribution in [0.25, 0.3) is 6.08 Å². The van der Waals surface area contributed by atoms with Gasteiger partial charge in [0.05, 0.1) is 12.0 Å². The Labute approximate surface area is 170 Å². The van der Waals surface area contributed by atoms with Crippen LogP contribution in [0.4, 0.5) is 10.1 Å². The second-order valence-corrected chi connectivity index (χ2v) is 8.64. The first-order chi connectivity index (χ1) is 13.9. The molecule has 1 amide bonds. The largest absolute Gasteiger partial charge is 0.494 e. The van der Waals surface area contributed by atoms with Gasteiger partial charge in [0.2, 0.25) is 15.9 Å². The molecular formula is C21H23FN2O4S. The molecule has 0 saturated carbocycles. The number of ether oxygens (including phenoxy) is 1. The molecule has 8 heteroatoms. The van der Waals surface area contributed by atoms with Gasteiger partial charge in [-0.1, -0.05) is 12.5 Å². The van der Waals surface area contributed by atoms with E-state index in [1.54, 1.807) is 18.2 Å². The molecule has 0 bridgehead atoms. The van der Waals surface area contributed by atoms with Gasteiger partial charge in [-0.15, -0.1) is 0 Å². The Bertz CT molecular complexity index is 998. The van der Waals surface area contributed by atoms with E-state index in [-0.39, 0.29) is 10.6 Å². The molecule has 2 aromatic carbocycles. The summed E-state index contributed by atoms with van der Waals surface area (Å²) in [5.41, 5.74) is 0.986. The molecule has 6 nitrogen and oxygen atoms in total. The molecule has 154 valence electrons. The normalized spacial score (nSPS) is 15.4. The minimum absolute atomic E-state index is 0.131. The maximum atomic E-state index is 13.7. The van der Waals surface area contributed by atoms with E-state index in [0.717, 1.165) is 19.3 Å². The van der Waals surface area contributed by atoms with Gasteiger partial charge >= 0.3 is 0 Å². The van der Waals surface area contributed by atoms with Crippen LogP contribution >= 0.6 is 0 Å². The predicted octanol–water partition coefficient (Wildman–Crippen LogP) is 3.66. The molecule has 0 radical (unpaired) electrons. The number of nitrogens with zero attached hydrogens (tertiary/aromatic N) is 1. The number of nitrogens with one attached hydrogen (secondary N) is 1. The third-order valence-electron chi connectivity index (χ3n) is 4.68. The molecule has 29 heavy (non-hydrogen) atoms. The van der Waals surface area contributed by atoms with Crippen LogP contribution < -0.4 is 10.1 Å². The van der Waals surface area contributed by atoms with E-state index in [1.165, 1.54) is 47.8 Å². The van der Waals surface area contributed by atoms with E-state index in [0.29, 0.717) is 24.3 Å². The highest BCUT2D eigenvalue weighted by atomic mass is 32.2. The van der Waals surface area contributed by atoms with Crippen LogP contribution in [0.15, 0.2) is 53.4 Å². The van der Waals surface area contributed by atoms with Crippen LogP contribution in [-0.2, 0) is 14.8 Å². The van der Waals surface area contributed by atoms with Crippen molar-refractivity contribution in [2.24, 2.45) is 0 Å². The molecule has 1 fully saturated rings. The number of amides is 1. The van der Waals surface area contributed by atoms with Crippen LogP contribution in [0, 0.1) is 5.82 Å². The summed E-state index contributed by atoms with van der Waals surface area (Å²) in [6.07, 6.45) is 5.55. The van der Waals surface area contributed by atoms with Crippen molar-refractivity contribution in [1.29, 1.82) is 0 Å². The average molecular weight is 418 g/mol. The molecule has 1 N–H and O–H groups in total. The molecule has 0 spiro atoms. The fourth-order valence-corrected chi connectivity index (χ4v) is 4.62. The Hall–Kier alpha value is -2.71. The van der Waals surface area contributed by atoms with Gasteiger partial charge < -0.3 is 10.1 Å². The number of rotatable bonds is 6. The summed E-state index contributed by atoms with van der Waals surface area (Å²) < 4.78 is 45.3. The molecule has 1 aliphatic heterocycles. The zero-order chi connectivity index (χ0) is 20.9. The van der Waals surface area contributed by atoms with Crippen LogP contribution in [-0.4, -0.2) is 38.8 Å². The highest BCUT2D eigenvalue weighted by molar-refractivity contribution is 7.89. The molecular weight excluding hydrogens is 395 g/mol. The summed E-state index contributed by atoms with van der Waals surface area (Å²) in [5.74, 6) is -0.792. The quantitative estimate of drug-likeness (QED) is 0.727. The van der Waals surface area contributed by atoms with Crippen molar-refractivity contribution in [3.8, 4) is 5.75 Å². The topological polar surface area (TPSA) is 75.7 Å². The molecule has 0 atom stereocenters. The van der Waals surface area contributed by atoms with E-state index in [1.807, 2.05) is 0 Å². The summed E-state index contributed by atoms with van der Waals surface area (Å²) in [6.45, 7) is 1.08. The number of piperidine rings is 1. The lowest BCUT2D eigenvalue weighted by Gasteiger charge is -2.25. The molecule has 3 rings (SSSR count). The van der Waals surface area contributed by atoms with Crippen LogP contribution in [0.3, 0.4) is 0 Å². The molecule has 1 heterocycles. The van der Waals surface area contributed by atoms with Crippen molar-refractivity contribution in [3.63, 3.8) is 0 Å². The number of anilines is 1. The molecule has 1 saturated heterocycles. The van der Waals surface area contributed by atoms with Gasteiger partial charge in [-0.2, -0.15) is 4.31 Å². The van der Waals surface area contributed by atoms with E-state index in [2.05, 4.69) is 5.32 Å². The second kappa shape index (κ2) is 9.19. The van der Waals surface area contributed by atoms with Crippen LogP contribution in [0.1, 0.15) is 24.8 Å². The summed E-state index contributed by atoms with van der Waals surface area (Å²) >= 11 is 0. The fourth-order valence-electron chi connectivity index (χ4n) is 3.11. The predicted molar refractivity (Wildman–Crippen MR) is 110 cm³/mol. The highest BCUT2D eigenvalue weighted by Crippen LogP contribution is 2.22. The fraction of sp³-hybridized carbons (Fsp3) is 0.286. The SMILES string of the molecule is COc1ccc(/C=C/C(=O)Nc2ccc(S(=O)(=O)N3CCCCC3)cc2)cc1F. The average Bonchev–Trinajstić information content (AvgIpc) is 2.73. The molecule has 1 aliphatic rings. The minimum atomic E-state index is -3.50. The van der Waals surface area contributed by atoms with Crippen molar-refractivity contribution in [3.05, 3.63) is 59.9 Å². The maximum Gasteiger partial charge on any atom is 0.248 e. The third kappa shape index (κ3) is 5.21. The summed E-state index contributed by atoms with van der Waals surface area (Å²) in [6, 6.07) is 10.5. The van der Waals surface area contributed by atoms with E-state index in [9.17, 15) is 17.6 Å². The van der Waals surface area contributed by atoms with Crippen LogP contribution in [0.5, 0.6) is 5.75 Å². The number of benzene rings is 2. The zero-order valence-electron chi connectivity index (χ0n) is 16.1. The second-order valence-electron chi connectivity index (χ2n) is 6.71. The number of carbonyl (C=O) groups excluding carboxylic acids is 1. The number of carbonyl (C=O) groups is 1. The molecule has 0 aliphatic carbocycles. The lowest BCUT2D eigenvalue weighted by molar-refractivity contribution is -0.111. The van der Waals surface area contributed by atoms with E-state index in [4.69, 9.17) is 4.74 Å². The first-order valence-electron chi connectivity index (χ1n) is 9.33. The first kappa shape index (κ1) is 21.0. The van der Waals surface area contributed by atoms with Gasteiger partial charge in [-0.05, 0) is 60.9 Å². The van der Waals surface area contributed by atoms with Crippen molar-refractivity contribution >= 4 is 27.7 Å². The van der Waals surface area contributed by atoms with Crippen molar-refractivity contribution < 1.29 is 22.3 Å². The van der Waals surface area contributed by atoms with Gasteiger partial charge in [-0.3, -0.25) is 4.79 Å². The van der Waals surface area contributed by atoms with Gasteiger partial charge in [0.15, 0.2) is 11.6 Å². The zero-order valence-corrected chi connectivity index (χ0v) is 16.9.